The monoisotopic (exact) mass is 128 g/mol. The van der Waals surface area contributed by atoms with Gasteiger partial charge in [0.1, 0.15) is 12.9 Å². The van der Waals surface area contributed by atoms with E-state index in [1.165, 1.54) is 6.33 Å². The second kappa shape index (κ2) is 2.56. The van der Waals surface area contributed by atoms with Crippen molar-refractivity contribution in [1.29, 1.82) is 0 Å². The summed E-state index contributed by atoms with van der Waals surface area (Å²) in [5.74, 6) is 5.53. The Kier molecular flexibility index (Phi) is 1.76. The van der Waals surface area contributed by atoms with E-state index >= 15 is 0 Å². The molecule has 0 bridgehead atoms. The van der Waals surface area contributed by atoms with Crippen molar-refractivity contribution in [2.75, 3.05) is 0 Å². The molecule has 0 aliphatic heterocycles. The number of aryl methyl sites for hydroxylation is 1. The lowest BCUT2D eigenvalue weighted by Gasteiger charge is -1.94. The zero-order chi connectivity index (χ0) is 6.69. The minimum atomic E-state index is 0.302. The van der Waals surface area contributed by atoms with Crippen molar-refractivity contribution in [3.05, 3.63) is 12.2 Å². The van der Waals surface area contributed by atoms with E-state index in [4.69, 9.17) is 5.90 Å². The molecule has 0 unspecified atom stereocenters. The maximum atomic E-state index is 4.81. The summed E-state index contributed by atoms with van der Waals surface area (Å²) in [7, 11) is 1.78. The Bertz CT molecular complexity index is 184. The summed E-state index contributed by atoms with van der Waals surface area (Å²) in [6.07, 6.45) is 1.45. The quantitative estimate of drug-likeness (QED) is 0.530. The van der Waals surface area contributed by atoms with Gasteiger partial charge in [-0.05, 0) is 0 Å². The van der Waals surface area contributed by atoms with Crippen LogP contribution >= 0.6 is 0 Å². The Morgan fingerprint density at radius 3 is 3.11 bits per heavy atom. The summed E-state index contributed by atoms with van der Waals surface area (Å²) >= 11 is 0. The van der Waals surface area contributed by atoms with Crippen LogP contribution < -0.4 is 5.90 Å². The third-order valence-corrected chi connectivity index (χ3v) is 1.02. The number of hydrogen-bond acceptors (Lipinski definition) is 4. The number of rotatable bonds is 2. The van der Waals surface area contributed by atoms with Gasteiger partial charge in [0, 0.05) is 7.05 Å². The Hall–Kier alpha value is -0.940. The summed E-state index contributed by atoms with van der Waals surface area (Å²) in [6, 6.07) is 0. The van der Waals surface area contributed by atoms with Gasteiger partial charge in [-0.1, -0.05) is 0 Å². The fourth-order valence-corrected chi connectivity index (χ4v) is 0.525. The fourth-order valence-electron chi connectivity index (χ4n) is 0.525. The van der Waals surface area contributed by atoms with Gasteiger partial charge in [0.25, 0.3) is 0 Å². The summed E-state index contributed by atoms with van der Waals surface area (Å²) in [4.78, 5) is 8.20. The largest absolute Gasteiger partial charge is 0.297 e. The van der Waals surface area contributed by atoms with Gasteiger partial charge in [0.15, 0.2) is 5.82 Å². The van der Waals surface area contributed by atoms with E-state index in [9.17, 15) is 0 Å². The molecule has 0 spiro atoms. The SMILES string of the molecule is Cn1ncnc1CON. The zero-order valence-electron chi connectivity index (χ0n) is 5.11. The molecule has 0 atom stereocenters. The molecule has 0 saturated heterocycles. The van der Waals surface area contributed by atoms with Gasteiger partial charge in [-0.2, -0.15) is 5.10 Å². The molecule has 0 fully saturated rings. The molecule has 50 valence electrons. The molecule has 1 rings (SSSR count). The van der Waals surface area contributed by atoms with E-state index in [0.29, 0.717) is 6.61 Å². The van der Waals surface area contributed by atoms with E-state index in [2.05, 4.69) is 14.9 Å². The molecular formula is C4H8N4O. The van der Waals surface area contributed by atoms with E-state index in [0.717, 1.165) is 5.82 Å². The van der Waals surface area contributed by atoms with Gasteiger partial charge in [0.05, 0.1) is 0 Å². The smallest absolute Gasteiger partial charge is 0.154 e. The average Bonchev–Trinajstić information content (AvgIpc) is 2.18. The van der Waals surface area contributed by atoms with Gasteiger partial charge >= 0.3 is 0 Å². The Labute approximate surface area is 52.4 Å². The molecule has 1 aromatic rings. The minimum Gasteiger partial charge on any atom is -0.297 e. The first-order chi connectivity index (χ1) is 4.34. The van der Waals surface area contributed by atoms with Crippen LogP contribution in [0, 0.1) is 0 Å². The highest BCUT2D eigenvalue weighted by molar-refractivity contribution is 4.78. The normalized spacial score (nSPS) is 10.0. The van der Waals surface area contributed by atoms with Gasteiger partial charge in [0.2, 0.25) is 0 Å². The maximum absolute atomic E-state index is 4.81. The highest BCUT2D eigenvalue weighted by Crippen LogP contribution is 1.89. The first-order valence-electron chi connectivity index (χ1n) is 2.49. The molecule has 0 aliphatic carbocycles. The summed E-state index contributed by atoms with van der Waals surface area (Å²) in [5.41, 5.74) is 0. The topological polar surface area (TPSA) is 66.0 Å². The number of nitrogens with zero attached hydrogens (tertiary/aromatic N) is 3. The van der Waals surface area contributed by atoms with Crippen LogP contribution in [0.1, 0.15) is 5.82 Å². The van der Waals surface area contributed by atoms with Crippen molar-refractivity contribution < 1.29 is 4.84 Å². The molecular weight excluding hydrogens is 120 g/mol. The Balaban J connectivity index is 2.69. The molecule has 9 heavy (non-hydrogen) atoms. The molecule has 2 N–H and O–H groups in total. The van der Waals surface area contributed by atoms with Gasteiger partial charge in [-0.3, -0.25) is 9.52 Å². The van der Waals surface area contributed by atoms with Crippen molar-refractivity contribution in [3.63, 3.8) is 0 Å². The summed E-state index contributed by atoms with van der Waals surface area (Å²) in [5, 5.41) is 3.81. The molecule has 0 saturated carbocycles. The molecule has 1 heterocycles. The van der Waals surface area contributed by atoms with Crippen LogP contribution in [0.2, 0.25) is 0 Å². The van der Waals surface area contributed by atoms with Crippen LogP contribution in [0.4, 0.5) is 0 Å². The molecule has 5 nitrogen and oxygen atoms in total. The first kappa shape index (κ1) is 6.18. The van der Waals surface area contributed by atoms with Crippen molar-refractivity contribution in [2.24, 2.45) is 12.9 Å². The van der Waals surface area contributed by atoms with Gasteiger partial charge in [-0.25, -0.2) is 10.9 Å². The minimum absolute atomic E-state index is 0.302. The zero-order valence-corrected chi connectivity index (χ0v) is 5.11. The van der Waals surface area contributed by atoms with Gasteiger partial charge < -0.3 is 0 Å². The molecule has 1 aromatic heterocycles. The fraction of sp³-hybridized carbons (Fsp3) is 0.500. The molecule has 0 amide bonds. The standard InChI is InChI=1S/C4H8N4O/c1-8-4(2-9-5)6-3-7-8/h3H,2,5H2,1H3. The Morgan fingerprint density at radius 2 is 2.67 bits per heavy atom. The molecule has 0 aliphatic rings. The van der Waals surface area contributed by atoms with Crippen LogP contribution in [-0.2, 0) is 18.5 Å². The van der Waals surface area contributed by atoms with Crippen molar-refractivity contribution >= 4 is 0 Å². The number of hydrogen-bond donors (Lipinski definition) is 1. The lowest BCUT2D eigenvalue weighted by atomic mass is 10.7. The third kappa shape index (κ3) is 1.24. The van der Waals surface area contributed by atoms with Crippen LogP contribution in [0.15, 0.2) is 6.33 Å². The van der Waals surface area contributed by atoms with Gasteiger partial charge in [-0.15, -0.1) is 0 Å². The highest BCUT2D eigenvalue weighted by Gasteiger charge is 1.96. The van der Waals surface area contributed by atoms with E-state index < -0.39 is 0 Å². The third-order valence-electron chi connectivity index (χ3n) is 1.02. The van der Waals surface area contributed by atoms with Crippen molar-refractivity contribution in [3.8, 4) is 0 Å². The van der Waals surface area contributed by atoms with Crippen molar-refractivity contribution in [2.45, 2.75) is 6.61 Å². The molecule has 0 radical (unpaired) electrons. The highest BCUT2D eigenvalue weighted by atomic mass is 16.6. The predicted molar refractivity (Wildman–Crippen MR) is 30.0 cm³/mol. The second-order valence-corrected chi connectivity index (χ2v) is 1.61. The van der Waals surface area contributed by atoms with E-state index in [1.807, 2.05) is 0 Å². The van der Waals surface area contributed by atoms with Crippen LogP contribution in [0.25, 0.3) is 0 Å². The van der Waals surface area contributed by atoms with E-state index in [1.54, 1.807) is 11.7 Å². The van der Waals surface area contributed by atoms with Crippen molar-refractivity contribution in [1.82, 2.24) is 14.8 Å². The predicted octanol–water partition coefficient (Wildman–Crippen LogP) is -0.795. The molecule has 0 aromatic carbocycles. The van der Waals surface area contributed by atoms with Crippen LogP contribution in [-0.4, -0.2) is 14.8 Å². The number of aromatic nitrogens is 3. The van der Waals surface area contributed by atoms with E-state index in [-0.39, 0.29) is 0 Å². The summed E-state index contributed by atoms with van der Waals surface area (Å²) < 4.78 is 1.60. The molecule has 5 heteroatoms. The second-order valence-electron chi connectivity index (χ2n) is 1.61. The Morgan fingerprint density at radius 1 is 1.89 bits per heavy atom. The maximum Gasteiger partial charge on any atom is 0.154 e. The summed E-state index contributed by atoms with van der Waals surface area (Å²) in [6.45, 7) is 0.302. The lowest BCUT2D eigenvalue weighted by Crippen LogP contribution is -2.05. The lowest BCUT2D eigenvalue weighted by molar-refractivity contribution is 0.116. The number of nitrogens with two attached hydrogens (primary N) is 1. The van der Waals surface area contributed by atoms with Crippen LogP contribution in [0.5, 0.6) is 0 Å². The first-order valence-corrected chi connectivity index (χ1v) is 2.49. The average molecular weight is 128 g/mol. The van der Waals surface area contributed by atoms with Crippen LogP contribution in [0.3, 0.4) is 0 Å².